The van der Waals surface area contributed by atoms with Crippen LogP contribution in [-0.4, -0.2) is 77.0 Å². The van der Waals surface area contributed by atoms with Crippen LogP contribution in [0.4, 0.5) is 0 Å². The van der Waals surface area contributed by atoms with Crippen LogP contribution in [-0.2, 0) is 14.0 Å². The summed E-state index contributed by atoms with van der Waals surface area (Å²) in [5.74, 6) is 0. The summed E-state index contributed by atoms with van der Waals surface area (Å²) in [6, 6.07) is 0. The van der Waals surface area contributed by atoms with Crippen LogP contribution in [0, 0.1) is 0 Å². The number of hydrogen-bond donors (Lipinski definition) is 0. The van der Waals surface area contributed by atoms with Gasteiger partial charge in [0, 0.05) is 18.3 Å². The molecule has 0 radical (unpaired) electrons. The molecule has 0 aliphatic rings. The molecule has 0 heterocycles. The van der Waals surface area contributed by atoms with Gasteiger partial charge in [-0.2, -0.15) is 0 Å². The topological polar surface area (TPSA) is 27.7 Å². The van der Waals surface area contributed by atoms with Gasteiger partial charge in [0.25, 0.3) is 0 Å². The summed E-state index contributed by atoms with van der Waals surface area (Å²) in [7, 11) is -0.542. The predicted octanol–water partition coefficient (Wildman–Crippen LogP) is 1.60. The third kappa shape index (κ3) is 11.7. The Kier molecular flexibility index (Phi) is 12.5. The fraction of sp³-hybridized carbons (Fsp3) is 1.00. The molecule has 0 atom stereocenters. The fourth-order valence-corrected chi connectivity index (χ4v) is 0.763. The van der Waals surface area contributed by atoms with Crippen molar-refractivity contribution in [3.05, 3.63) is 0 Å². The Bertz CT molecular complexity index is 107. The van der Waals surface area contributed by atoms with Crippen LogP contribution in [0.15, 0.2) is 0 Å². The van der Waals surface area contributed by atoms with Crippen LogP contribution in [0.5, 0.6) is 0 Å². The molecule has 0 aliphatic carbocycles. The minimum absolute atomic E-state index is 0. The van der Waals surface area contributed by atoms with Crippen molar-refractivity contribution in [2.75, 3.05) is 0 Å². The van der Waals surface area contributed by atoms with Crippen LogP contribution < -0.4 is 0 Å². The molecule has 5 heteroatoms. The molecular weight excluding hydrogens is 206 g/mol. The maximum atomic E-state index is 5.43. The molecule has 0 rings (SSSR count). The first-order valence-corrected chi connectivity index (χ1v) is 4.88. The van der Waals surface area contributed by atoms with Gasteiger partial charge in [0.1, 0.15) is 0 Å². The Morgan fingerprint density at radius 3 is 1.00 bits per heavy atom. The molecule has 0 unspecified atom stereocenters. The van der Waals surface area contributed by atoms with Crippen molar-refractivity contribution in [1.82, 2.24) is 0 Å². The van der Waals surface area contributed by atoms with Crippen molar-refractivity contribution in [2.45, 2.75) is 59.9 Å². The zero-order valence-electron chi connectivity index (χ0n) is 9.53. The molecule has 0 aromatic rings. The van der Waals surface area contributed by atoms with Gasteiger partial charge >= 0.3 is 58.7 Å². The molecule has 0 saturated carbocycles. The molecule has 0 saturated heterocycles. The molecule has 3 nitrogen and oxygen atoms in total. The van der Waals surface area contributed by atoms with E-state index in [1.165, 1.54) is 0 Å². The summed E-state index contributed by atoms with van der Waals surface area (Å²) < 4.78 is 16.3. The first-order valence-electron chi connectivity index (χ1n) is 4.88. The standard InChI is InChI=1S/C9H21BO3.K.H/c1-7(2)11-10(12-8(3)4)13-9(5)6;;/h7-9H,1-6H3;;. The molecule has 0 aromatic carbocycles. The monoisotopic (exact) mass is 228 g/mol. The SMILES string of the molecule is CC(C)OB(OC(C)C)OC(C)C.[KH]. The first kappa shape index (κ1) is 18.0. The fourth-order valence-electron chi connectivity index (χ4n) is 0.763. The summed E-state index contributed by atoms with van der Waals surface area (Å²) in [4.78, 5) is 0. The normalized spacial score (nSPS) is 10.9. The van der Waals surface area contributed by atoms with Crippen molar-refractivity contribution in [3.63, 3.8) is 0 Å². The van der Waals surface area contributed by atoms with E-state index in [0.29, 0.717) is 0 Å². The van der Waals surface area contributed by atoms with Crippen LogP contribution in [0.3, 0.4) is 0 Å². The van der Waals surface area contributed by atoms with Gasteiger partial charge in [-0.1, -0.05) is 0 Å². The number of hydrogen-bond acceptors (Lipinski definition) is 3. The Hall–Kier alpha value is 1.58. The third-order valence-electron chi connectivity index (χ3n) is 1.15. The second-order valence-electron chi connectivity index (χ2n) is 3.84. The average Bonchev–Trinajstić information content (AvgIpc) is 1.80. The average molecular weight is 228 g/mol. The third-order valence-corrected chi connectivity index (χ3v) is 1.15. The van der Waals surface area contributed by atoms with Gasteiger partial charge < -0.3 is 14.0 Å². The summed E-state index contributed by atoms with van der Waals surface area (Å²) in [5.41, 5.74) is 0. The Morgan fingerprint density at radius 2 is 0.857 bits per heavy atom. The molecule has 0 aliphatic heterocycles. The summed E-state index contributed by atoms with van der Waals surface area (Å²) >= 11 is 0. The Balaban J connectivity index is 0. The van der Waals surface area contributed by atoms with Gasteiger partial charge in [-0.3, -0.25) is 0 Å². The van der Waals surface area contributed by atoms with Gasteiger partial charge in [-0.15, -0.1) is 0 Å². The molecular formula is C9H22BKO3. The minimum atomic E-state index is -0.542. The van der Waals surface area contributed by atoms with Crippen LogP contribution in [0.2, 0.25) is 0 Å². The molecule has 0 N–H and O–H groups in total. The molecule has 14 heavy (non-hydrogen) atoms. The van der Waals surface area contributed by atoms with Gasteiger partial charge in [0.2, 0.25) is 0 Å². The second-order valence-corrected chi connectivity index (χ2v) is 3.84. The van der Waals surface area contributed by atoms with Crippen LogP contribution in [0.1, 0.15) is 41.5 Å². The van der Waals surface area contributed by atoms with Gasteiger partial charge in [-0.25, -0.2) is 0 Å². The van der Waals surface area contributed by atoms with E-state index in [0.717, 1.165) is 0 Å². The summed E-state index contributed by atoms with van der Waals surface area (Å²) in [5, 5.41) is 0. The van der Waals surface area contributed by atoms with E-state index in [-0.39, 0.29) is 69.7 Å². The predicted molar refractivity (Wildman–Crippen MR) is 61.6 cm³/mol. The zero-order chi connectivity index (χ0) is 10.4. The van der Waals surface area contributed by atoms with Crippen LogP contribution >= 0.6 is 0 Å². The van der Waals surface area contributed by atoms with Crippen molar-refractivity contribution in [3.8, 4) is 0 Å². The molecule has 0 aromatic heterocycles. The van der Waals surface area contributed by atoms with E-state index in [2.05, 4.69) is 0 Å². The molecule has 0 bridgehead atoms. The van der Waals surface area contributed by atoms with E-state index >= 15 is 0 Å². The summed E-state index contributed by atoms with van der Waals surface area (Å²) in [6.45, 7) is 11.8. The Morgan fingerprint density at radius 1 is 0.643 bits per heavy atom. The quantitative estimate of drug-likeness (QED) is 0.646. The second kappa shape index (κ2) is 9.78. The van der Waals surface area contributed by atoms with E-state index in [1.54, 1.807) is 0 Å². The van der Waals surface area contributed by atoms with Crippen molar-refractivity contribution < 1.29 is 14.0 Å². The van der Waals surface area contributed by atoms with Crippen LogP contribution in [0.25, 0.3) is 0 Å². The van der Waals surface area contributed by atoms with Crippen molar-refractivity contribution >= 4 is 58.7 Å². The molecule has 0 spiro atoms. The van der Waals surface area contributed by atoms with Gasteiger partial charge in [0.15, 0.2) is 0 Å². The van der Waals surface area contributed by atoms with Gasteiger partial charge in [-0.05, 0) is 41.5 Å². The Labute approximate surface area is 131 Å². The first-order chi connectivity index (χ1) is 5.91. The van der Waals surface area contributed by atoms with Crippen molar-refractivity contribution in [2.24, 2.45) is 0 Å². The van der Waals surface area contributed by atoms with E-state index in [1.807, 2.05) is 41.5 Å². The zero-order valence-corrected chi connectivity index (χ0v) is 9.53. The molecule has 0 amide bonds. The molecule has 80 valence electrons. The number of rotatable bonds is 6. The van der Waals surface area contributed by atoms with E-state index in [4.69, 9.17) is 14.0 Å². The van der Waals surface area contributed by atoms with Gasteiger partial charge in [0.05, 0.1) is 0 Å². The van der Waals surface area contributed by atoms with E-state index < -0.39 is 7.32 Å². The molecule has 0 fully saturated rings. The summed E-state index contributed by atoms with van der Waals surface area (Å²) in [6.07, 6.45) is 0.340. The van der Waals surface area contributed by atoms with E-state index in [9.17, 15) is 0 Å². The maximum absolute atomic E-state index is 5.43. The van der Waals surface area contributed by atoms with Crippen molar-refractivity contribution in [1.29, 1.82) is 0 Å².